The average molecular weight is 490 g/mol. The van der Waals surface area contributed by atoms with Crippen LogP contribution in [0.2, 0.25) is 0 Å². The summed E-state index contributed by atoms with van der Waals surface area (Å²) in [7, 11) is 1.73. The largest absolute Gasteiger partial charge is 0.490 e. The van der Waals surface area contributed by atoms with Crippen LogP contribution in [0.5, 0.6) is 11.5 Å². The van der Waals surface area contributed by atoms with E-state index in [4.69, 9.17) is 9.47 Å². The lowest BCUT2D eigenvalue weighted by molar-refractivity contribution is 0.288. The van der Waals surface area contributed by atoms with E-state index in [0.29, 0.717) is 61.5 Å². The van der Waals surface area contributed by atoms with Crippen LogP contribution in [0.1, 0.15) is 38.3 Å². The molecule has 0 N–H and O–H groups in total. The van der Waals surface area contributed by atoms with Crippen molar-refractivity contribution in [2.75, 3.05) is 31.2 Å². The molecule has 1 aliphatic heterocycles. The van der Waals surface area contributed by atoms with Gasteiger partial charge >= 0.3 is 5.69 Å². The van der Waals surface area contributed by atoms with Crippen LogP contribution in [0.25, 0.3) is 21.8 Å². The summed E-state index contributed by atoms with van der Waals surface area (Å²) >= 11 is 0. The maximum Gasteiger partial charge on any atom is 0.331 e. The molecule has 4 aromatic rings. The summed E-state index contributed by atoms with van der Waals surface area (Å²) in [6.07, 6.45) is 2.88. The molecular formula is C27H31N5O4. The summed E-state index contributed by atoms with van der Waals surface area (Å²) in [6.45, 7) is 8.20. The average Bonchev–Trinajstić information content (AvgIpc) is 2.88. The molecule has 0 radical (unpaired) electrons. The third-order valence-corrected chi connectivity index (χ3v) is 6.86. The predicted octanol–water partition coefficient (Wildman–Crippen LogP) is 3.59. The van der Waals surface area contributed by atoms with Gasteiger partial charge in [-0.3, -0.25) is 13.9 Å². The summed E-state index contributed by atoms with van der Waals surface area (Å²) in [5.41, 5.74) is 1.95. The minimum absolute atomic E-state index is 0.172. The second kappa shape index (κ2) is 9.64. The molecule has 9 nitrogen and oxygen atoms in total. The van der Waals surface area contributed by atoms with Crippen LogP contribution in [0.3, 0.4) is 0 Å². The van der Waals surface area contributed by atoms with Gasteiger partial charge in [-0.25, -0.2) is 14.8 Å². The highest BCUT2D eigenvalue weighted by molar-refractivity contribution is 5.92. The maximum absolute atomic E-state index is 13.4. The molecule has 0 bridgehead atoms. The Bertz CT molecular complexity index is 1550. The highest BCUT2D eigenvalue weighted by Gasteiger charge is 2.26. The molecule has 1 saturated heterocycles. The van der Waals surface area contributed by atoms with Crippen LogP contribution in [-0.2, 0) is 7.05 Å². The molecule has 5 rings (SSSR count). The van der Waals surface area contributed by atoms with E-state index in [-0.39, 0.29) is 17.3 Å². The van der Waals surface area contributed by atoms with Gasteiger partial charge in [-0.1, -0.05) is 11.6 Å². The van der Waals surface area contributed by atoms with Crippen molar-refractivity contribution in [1.29, 1.82) is 0 Å². The topological polar surface area (TPSA) is 91.5 Å². The molecule has 9 heteroatoms. The van der Waals surface area contributed by atoms with Gasteiger partial charge in [0.15, 0.2) is 11.5 Å². The molecule has 2 aromatic heterocycles. The van der Waals surface area contributed by atoms with Crippen molar-refractivity contribution in [3.63, 3.8) is 0 Å². The van der Waals surface area contributed by atoms with E-state index in [9.17, 15) is 9.59 Å². The lowest BCUT2D eigenvalue weighted by atomic mass is 10.0. The number of hydrogen-bond donors (Lipinski definition) is 0. The lowest BCUT2D eigenvalue weighted by Crippen LogP contribution is -2.45. The minimum Gasteiger partial charge on any atom is -0.490 e. The number of aryl methyl sites for hydroxylation is 2. The first-order valence-corrected chi connectivity index (χ1v) is 12.4. The molecule has 0 unspecified atom stereocenters. The summed E-state index contributed by atoms with van der Waals surface area (Å²) < 4.78 is 14.6. The van der Waals surface area contributed by atoms with Gasteiger partial charge in [0, 0.05) is 37.6 Å². The van der Waals surface area contributed by atoms with E-state index in [1.165, 1.54) is 4.57 Å². The lowest BCUT2D eigenvalue weighted by Gasteiger charge is -2.34. The van der Waals surface area contributed by atoms with Crippen LogP contribution < -0.4 is 25.6 Å². The first kappa shape index (κ1) is 23.8. The van der Waals surface area contributed by atoms with E-state index in [1.54, 1.807) is 17.9 Å². The molecule has 0 aliphatic carbocycles. The molecule has 0 saturated carbocycles. The van der Waals surface area contributed by atoms with Crippen LogP contribution in [0, 0.1) is 6.92 Å². The summed E-state index contributed by atoms with van der Waals surface area (Å²) in [6, 6.07) is 9.29. The van der Waals surface area contributed by atoms with E-state index >= 15 is 0 Å². The van der Waals surface area contributed by atoms with Crippen molar-refractivity contribution in [3.8, 4) is 11.5 Å². The fourth-order valence-electron chi connectivity index (χ4n) is 5.09. The van der Waals surface area contributed by atoms with Gasteiger partial charge in [-0.2, -0.15) is 0 Å². The number of anilines is 1. The molecule has 0 atom stereocenters. The second-order valence-corrected chi connectivity index (χ2v) is 9.13. The fourth-order valence-corrected chi connectivity index (χ4v) is 5.09. The van der Waals surface area contributed by atoms with Crippen LogP contribution in [-0.4, -0.2) is 45.4 Å². The number of fused-ring (bicyclic) bond motifs is 2. The Morgan fingerprint density at radius 1 is 0.944 bits per heavy atom. The Hall–Kier alpha value is -3.88. The summed E-state index contributed by atoms with van der Waals surface area (Å²) in [5, 5.41) is 1.46. The Kier molecular flexibility index (Phi) is 6.38. The number of ether oxygens (including phenoxy) is 2. The number of benzene rings is 2. The molecule has 0 spiro atoms. The summed E-state index contributed by atoms with van der Waals surface area (Å²) in [5.74, 6) is 2.15. The third-order valence-electron chi connectivity index (χ3n) is 6.86. The Morgan fingerprint density at radius 3 is 2.33 bits per heavy atom. The van der Waals surface area contributed by atoms with Crippen molar-refractivity contribution in [2.45, 2.75) is 39.7 Å². The highest BCUT2D eigenvalue weighted by Crippen LogP contribution is 2.36. The van der Waals surface area contributed by atoms with Crippen molar-refractivity contribution in [3.05, 3.63) is 63.1 Å². The number of aromatic nitrogens is 4. The van der Waals surface area contributed by atoms with Crippen molar-refractivity contribution in [1.82, 2.24) is 19.1 Å². The van der Waals surface area contributed by atoms with E-state index < -0.39 is 0 Å². The number of rotatable bonds is 6. The van der Waals surface area contributed by atoms with Crippen molar-refractivity contribution < 1.29 is 9.47 Å². The first-order chi connectivity index (χ1) is 17.4. The quantitative estimate of drug-likeness (QED) is 0.409. The molecule has 36 heavy (non-hydrogen) atoms. The smallest absolute Gasteiger partial charge is 0.331 e. The van der Waals surface area contributed by atoms with E-state index in [1.807, 2.05) is 51.1 Å². The first-order valence-electron chi connectivity index (χ1n) is 12.4. The zero-order valence-electron chi connectivity index (χ0n) is 21.2. The van der Waals surface area contributed by atoms with Crippen LogP contribution in [0.4, 0.5) is 5.82 Å². The SMILES string of the molecule is CCOc1cc2ncnc(N3CCC(n4c(=O)c5cc(C)ccc5n(C)c4=O)CC3)c2cc1OCC. The van der Waals surface area contributed by atoms with E-state index in [0.717, 1.165) is 22.3 Å². The van der Waals surface area contributed by atoms with Crippen LogP contribution in [0.15, 0.2) is 46.2 Å². The standard InChI is InChI=1S/C27H31N5O4/c1-5-35-23-14-19-21(15-24(23)36-6-2)28-16-29-25(19)31-11-9-18(10-12-31)32-26(33)20-13-17(3)7-8-22(20)30(4)27(32)34/h7-8,13-16,18H,5-6,9-12H2,1-4H3. The molecule has 188 valence electrons. The third kappa shape index (κ3) is 4.08. The van der Waals surface area contributed by atoms with Gasteiger partial charge in [0.1, 0.15) is 12.1 Å². The zero-order chi connectivity index (χ0) is 25.4. The molecule has 2 aromatic carbocycles. The molecule has 0 amide bonds. The number of nitrogens with zero attached hydrogens (tertiary/aromatic N) is 5. The van der Waals surface area contributed by atoms with Gasteiger partial charge in [0.05, 0.1) is 29.6 Å². The van der Waals surface area contributed by atoms with Crippen molar-refractivity contribution >= 4 is 27.6 Å². The molecule has 1 aliphatic rings. The number of piperidine rings is 1. The van der Waals surface area contributed by atoms with Gasteiger partial charge < -0.3 is 14.4 Å². The van der Waals surface area contributed by atoms with Gasteiger partial charge in [0.2, 0.25) is 0 Å². The number of hydrogen-bond acceptors (Lipinski definition) is 7. The zero-order valence-corrected chi connectivity index (χ0v) is 21.2. The van der Waals surface area contributed by atoms with Gasteiger partial charge in [-0.15, -0.1) is 0 Å². The normalized spacial score (nSPS) is 14.5. The fraction of sp³-hybridized carbons (Fsp3) is 0.407. The van der Waals surface area contributed by atoms with Gasteiger partial charge in [0.25, 0.3) is 5.56 Å². The minimum atomic E-state index is -0.271. The second-order valence-electron chi connectivity index (χ2n) is 9.13. The maximum atomic E-state index is 13.4. The highest BCUT2D eigenvalue weighted by atomic mass is 16.5. The molecular weight excluding hydrogens is 458 g/mol. The van der Waals surface area contributed by atoms with Gasteiger partial charge in [-0.05, 0) is 51.8 Å². The predicted molar refractivity (Wildman–Crippen MR) is 141 cm³/mol. The van der Waals surface area contributed by atoms with Crippen molar-refractivity contribution in [2.24, 2.45) is 7.05 Å². The monoisotopic (exact) mass is 489 g/mol. The molecule has 1 fully saturated rings. The Morgan fingerprint density at radius 2 is 1.64 bits per heavy atom. The molecule has 3 heterocycles. The summed E-state index contributed by atoms with van der Waals surface area (Å²) in [4.78, 5) is 37.7. The van der Waals surface area contributed by atoms with E-state index in [2.05, 4.69) is 14.9 Å². The van der Waals surface area contributed by atoms with Crippen LogP contribution >= 0.6 is 0 Å². The Labute approximate surface area is 208 Å². The Balaban J connectivity index is 1.47.